The van der Waals surface area contributed by atoms with Crippen molar-refractivity contribution in [1.29, 1.82) is 0 Å². The third-order valence-electron chi connectivity index (χ3n) is 4.80. The summed E-state index contributed by atoms with van der Waals surface area (Å²) in [5.74, 6) is 0.431. The molecule has 2 fully saturated rings. The van der Waals surface area contributed by atoms with Crippen molar-refractivity contribution in [2.75, 3.05) is 39.3 Å². The summed E-state index contributed by atoms with van der Waals surface area (Å²) in [6, 6.07) is -0.252. The van der Waals surface area contributed by atoms with Crippen molar-refractivity contribution in [2.45, 2.75) is 45.1 Å². The maximum absolute atomic E-state index is 12.4. The van der Waals surface area contributed by atoms with Crippen molar-refractivity contribution in [3.8, 4) is 0 Å². The van der Waals surface area contributed by atoms with E-state index >= 15 is 0 Å². The molecule has 2 rings (SSSR count). The van der Waals surface area contributed by atoms with Gasteiger partial charge in [-0.05, 0) is 51.2 Å². The monoisotopic (exact) mass is 319 g/mol. The van der Waals surface area contributed by atoms with E-state index in [2.05, 4.69) is 16.5 Å². The van der Waals surface area contributed by atoms with Crippen LogP contribution in [0.2, 0.25) is 0 Å². The van der Waals surface area contributed by atoms with Crippen LogP contribution in [-0.2, 0) is 10.2 Å². The Morgan fingerprint density at radius 1 is 1.14 bits per heavy atom. The number of nitrogens with zero attached hydrogens (tertiary/aromatic N) is 2. The van der Waals surface area contributed by atoms with E-state index in [-0.39, 0.29) is 12.6 Å². The van der Waals surface area contributed by atoms with Gasteiger partial charge in [-0.15, -0.1) is 0 Å². The lowest BCUT2D eigenvalue weighted by atomic mass is 9.97. The van der Waals surface area contributed by atoms with E-state index in [9.17, 15) is 13.5 Å². The molecule has 0 saturated carbocycles. The van der Waals surface area contributed by atoms with E-state index in [1.165, 1.54) is 4.31 Å². The molecule has 1 atom stereocenters. The van der Waals surface area contributed by atoms with Crippen molar-refractivity contribution < 1.29 is 13.5 Å². The SMILES string of the molecule is CCN1CCC(CNS(=O)(=O)N2CCCCC2CO)CC1. The molecule has 0 aromatic rings. The second-order valence-corrected chi connectivity index (χ2v) is 7.88. The summed E-state index contributed by atoms with van der Waals surface area (Å²) in [4.78, 5) is 2.40. The molecule has 0 spiro atoms. The summed E-state index contributed by atoms with van der Waals surface area (Å²) in [5, 5.41) is 9.36. The largest absolute Gasteiger partial charge is 0.395 e. The number of hydrogen-bond donors (Lipinski definition) is 2. The molecular weight excluding hydrogens is 290 g/mol. The molecule has 2 aliphatic rings. The fraction of sp³-hybridized carbons (Fsp3) is 1.00. The Morgan fingerprint density at radius 3 is 2.48 bits per heavy atom. The molecular formula is C14H29N3O3S. The highest BCUT2D eigenvalue weighted by Crippen LogP contribution is 2.20. The summed E-state index contributed by atoms with van der Waals surface area (Å²) in [5.41, 5.74) is 0. The zero-order valence-electron chi connectivity index (χ0n) is 13.0. The van der Waals surface area contributed by atoms with Crippen molar-refractivity contribution >= 4 is 10.2 Å². The predicted octanol–water partition coefficient (Wildman–Crippen LogP) is 0.400. The molecule has 1 unspecified atom stereocenters. The van der Waals surface area contributed by atoms with Crippen LogP contribution in [0.3, 0.4) is 0 Å². The zero-order valence-corrected chi connectivity index (χ0v) is 13.8. The highest BCUT2D eigenvalue weighted by Gasteiger charge is 2.32. The average molecular weight is 319 g/mol. The fourth-order valence-electron chi connectivity index (χ4n) is 3.29. The summed E-state index contributed by atoms with van der Waals surface area (Å²) in [6.07, 6.45) is 4.74. The van der Waals surface area contributed by atoms with Gasteiger partial charge in [0.15, 0.2) is 0 Å². The van der Waals surface area contributed by atoms with Gasteiger partial charge in [-0.25, -0.2) is 4.72 Å². The summed E-state index contributed by atoms with van der Waals surface area (Å²) in [7, 11) is -3.45. The topological polar surface area (TPSA) is 72.9 Å². The number of piperidine rings is 2. The van der Waals surface area contributed by atoms with Gasteiger partial charge in [0.1, 0.15) is 0 Å². The average Bonchev–Trinajstić information content (AvgIpc) is 2.53. The molecule has 0 bridgehead atoms. The van der Waals surface area contributed by atoms with Gasteiger partial charge in [0.25, 0.3) is 10.2 Å². The minimum atomic E-state index is -3.45. The predicted molar refractivity (Wildman–Crippen MR) is 83.2 cm³/mol. The highest BCUT2D eigenvalue weighted by molar-refractivity contribution is 7.87. The lowest BCUT2D eigenvalue weighted by Crippen LogP contribution is -2.51. The maximum atomic E-state index is 12.4. The number of aliphatic hydroxyl groups excluding tert-OH is 1. The summed E-state index contributed by atoms with van der Waals surface area (Å²) < 4.78 is 29.0. The molecule has 0 radical (unpaired) electrons. The van der Waals surface area contributed by atoms with Crippen LogP contribution >= 0.6 is 0 Å². The van der Waals surface area contributed by atoms with E-state index in [0.29, 0.717) is 19.0 Å². The third kappa shape index (κ3) is 4.63. The van der Waals surface area contributed by atoms with Gasteiger partial charge in [-0.2, -0.15) is 12.7 Å². The first-order chi connectivity index (χ1) is 10.1. The van der Waals surface area contributed by atoms with Crippen LogP contribution in [0.4, 0.5) is 0 Å². The van der Waals surface area contributed by atoms with Gasteiger partial charge >= 0.3 is 0 Å². The van der Waals surface area contributed by atoms with Crippen molar-refractivity contribution in [3.05, 3.63) is 0 Å². The Kier molecular flexibility index (Phi) is 6.43. The Balaban J connectivity index is 1.83. The molecule has 2 heterocycles. The van der Waals surface area contributed by atoms with E-state index < -0.39 is 10.2 Å². The van der Waals surface area contributed by atoms with E-state index in [0.717, 1.165) is 51.7 Å². The number of aliphatic hydroxyl groups is 1. The second kappa shape index (κ2) is 7.87. The minimum Gasteiger partial charge on any atom is -0.395 e. The van der Waals surface area contributed by atoms with Crippen molar-refractivity contribution in [2.24, 2.45) is 5.92 Å². The minimum absolute atomic E-state index is 0.0875. The van der Waals surface area contributed by atoms with Crippen LogP contribution in [0.1, 0.15) is 39.0 Å². The van der Waals surface area contributed by atoms with Crippen LogP contribution in [-0.4, -0.2) is 68.1 Å². The first kappa shape index (κ1) is 17.1. The number of hydrogen-bond acceptors (Lipinski definition) is 4. The molecule has 2 saturated heterocycles. The quantitative estimate of drug-likeness (QED) is 0.743. The summed E-state index contributed by atoms with van der Waals surface area (Å²) in [6.45, 7) is 6.32. The first-order valence-electron chi connectivity index (χ1n) is 8.16. The van der Waals surface area contributed by atoms with Gasteiger partial charge < -0.3 is 10.0 Å². The molecule has 0 aromatic carbocycles. The first-order valence-corrected chi connectivity index (χ1v) is 9.60. The molecule has 0 aliphatic carbocycles. The molecule has 2 aliphatic heterocycles. The lowest BCUT2D eigenvalue weighted by molar-refractivity contribution is 0.153. The molecule has 0 amide bonds. The number of rotatable bonds is 6. The van der Waals surface area contributed by atoms with Crippen LogP contribution in [0.25, 0.3) is 0 Å². The van der Waals surface area contributed by atoms with Crippen LogP contribution in [0.5, 0.6) is 0 Å². The van der Waals surface area contributed by atoms with Gasteiger partial charge in [0.05, 0.1) is 6.61 Å². The highest BCUT2D eigenvalue weighted by atomic mass is 32.2. The van der Waals surface area contributed by atoms with E-state index in [1.807, 2.05) is 0 Å². The smallest absolute Gasteiger partial charge is 0.279 e. The molecule has 6 nitrogen and oxygen atoms in total. The van der Waals surface area contributed by atoms with Gasteiger partial charge in [0.2, 0.25) is 0 Å². The van der Waals surface area contributed by atoms with Gasteiger partial charge in [-0.3, -0.25) is 0 Å². The Bertz CT molecular complexity index is 408. The molecule has 2 N–H and O–H groups in total. The molecule has 0 aromatic heterocycles. The summed E-state index contributed by atoms with van der Waals surface area (Å²) >= 11 is 0. The normalized spacial score (nSPS) is 27.0. The van der Waals surface area contributed by atoms with Crippen molar-refractivity contribution in [3.63, 3.8) is 0 Å². The second-order valence-electron chi connectivity index (χ2n) is 6.17. The standard InChI is InChI=1S/C14H29N3O3S/c1-2-16-9-6-13(7-10-16)11-15-21(19,20)17-8-4-3-5-14(17)12-18/h13-15,18H,2-12H2,1H3. The maximum Gasteiger partial charge on any atom is 0.279 e. The zero-order chi connectivity index (χ0) is 15.3. The molecule has 7 heteroatoms. The number of nitrogens with one attached hydrogen (secondary N) is 1. The Morgan fingerprint density at radius 2 is 1.86 bits per heavy atom. The van der Waals surface area contributed by atoms with E-state index in [1.54, 1.807) is 0 Å². The third-order valence-corrected chi connectivity index (χ3v) is 6.43. The van der Waals surface area contributed by atoms with Crippen molar-refractivity contribution in [1.82, 2.24) is 13.9 Å². The van der Waals surface area contributed by atoms with Crippen LogP contribution in [0, 0.1) is 5.92 Å². The Labute approximate surface area is 128 Å². The number of likely N-dealkylation sites (tertiary alicyclic amines) is 1. The van der Waals surface area contributed by atoms with E-state index in [4.69, 9.17) is 0 Å². The van der Waals surface area contributed by atoms with Gasteiger partial charge in [-0.1, -0.05) is 13.3 Å². The molecule has 21 heavy (non-hydrogen) atoms. The lowest BCUT2D eigenvalue weighted by Gasteiger charge is -2.35. The van der Waals surface area contributed by atoms with Crippen LogP contribution < -0.4 is 4.72 Å². The molecule has 124 valence electrons. The fourth-order valence-corrected chi connectivity index (χ4v) is 4.83. The van der Waals surface area contributed by atoms with Crippen LogP contribution in [0.15, 0.2) is 0 Å². The van der Waals surface area contributed by atoms with Gasteiger partial charge in [0, 0.05) is 19.1 Å². The Hall–Kier alpha value is -0.210.